The van der Waals surface area contributed by atoms with Crippen molar-refractivity contribution in [3.05, 3.63) is 10.6 Å². The van der Waals surface area contributed by atoms with E-state index in [0.717, 1.165) is 32.2 Å². The summed E-state index contributed by atoms with van der Waals surface area (Å²) in [6.07, 6.45) is 2.84. The Morgan fingerprint density at radius 1 is 1.26 bits per heavy atom. The van der Waals surface area contributed by atoms with Gasteiger partial charge in [0.1, 0.15) is 0 Å². The van der Waals surface area contributed by atoms with Crippen molar-refractivity contribution in [1.29, 1.82) is 0 Å². The number of thiazole rings is 1. The van der Waals surface area contributed by atoms with Crippen LogP contribution in [-0.2, 0) is 6.54 Å². The first kappa shape index (κ1) is 13.3. The molecule has 0 atom stereocenters. The highest BCUT2D eigenvalue weighted by Gasteiger charge is 2.31. The fraction of sp³-hybridized carbons (Fsp3) is 0.786. The maximum atomic E-state index is 4.76. The van der Waals surface area contributed by atoms with Crippen LogP contribution >= 0.6 is 11.3 Å². The molecule has 0 bridgehead atoms. The van der Waals surface area contributed by atoms with Crippen LogP contribution in [0, 0.1) is 6.92 Å². The minimum absolute atomic E-state index is 0.907. The zero-order valence-electron chi connectivity index (χ0n) is 12.0. The molecule has 3 rings (SSSR count). The Balaban J connectivity index is 1.59. The van der Waals surface area contributed by atoms with Gasteiger partial charge in [-0.15, -0.1) is 11.3 Å². The van der Waals surface area contributed by atoms with Crippen molar-refractivity contribution in [2.75, 3.05) is 37.6 Å². The van der Waals surface area contributed by atoms with E-state index in [0.29, 0.717) is 0 Å². The molecule has 1 saturated heterocycles. The smallest absolute Gasteiger partial charge is 0.185 e. The van der Waals surface area contributed by atoms with Crippen LogP contribution in [0.4, 0.5) is 5.13 Å². The van der Waals surface area contributed by atoms with Gasteiger partial charge in [-0.1, -0.05) is 6.92 Å². The molecular formula is C14H24N4S. The Labute approximate surface area is 119 Å². The third kappa shape index (κ3) is 3.09. The molecule has 1 aliphatic heterocycles. The SMILES string of the molecule is CCNCc1sc(N2CCN(C3CC3)CC2)nc1C. The van der Waals surface area contributed by atoms with Gasteiger partial charge in [-0.3, -0.25) is 4.90 Å². The van der Waals surface area contributed by atoms with E-state index in [2.05, 4.69) is 29.0 Å². The number of hydrogen-bond donors (Lipinski definition) is 1. The third-order valence-electron chi connectivity index (χ3n) is 4.06. The topological polar surface area (TPSA) is 31.4 Å². The summed E-state index contributed by atoms with van der Waals surface area (Å²) in [6.45, 7) is 11.0. The molecule has 106 valence electrons. The third-order valence-corrected chi connectivity index (χ3v) is 5.28. The average Bonchev–Trinajstić information content (AvgIpc) is 3.21. The summed E-state index contributed by atoms with van der Waals surface area (Å²) in [7, 11) is 0. The summed E-state index contributed by atoms with van der Waals surface area (Å²) in [6, 6.07) is 0.907. The second-order valence-electron chi connectivity index (χ2n) is 5.54. The molecule has 2 aliphatic rings. The summed E-state index contributed by atoms with van der Waals surface area (Å²) < 4.78 is 0. The highest BCUT2D eigenvalue weighted by atomic mass is 32.1. The van der Waals surface area contributed by atoms with Crippen molar-refractivity contribution in [2.45, 2.75) is 39.3 Å². The van der Waals surface area contributed by atoms with E-state index in [9.17, 15) is 0 Å². The summed E-state index contributed by atoms with van der Waals surface area (Å²) in [4.78, 5) is 11.3. The largest absolute Gasteiger partial charge is 0.346 e. The number of hydrogen-bond acceptors (Lipinski definition) is 5. The normalized spacial score (nSPS) is 21.1. The summed E-state index contributed by atoms with van der Waals surface area (Å²) >= 11 is 1.87. The van der Waals surface area contributed by atoms with Gasteiger partial charge in [0.15, 0.2) is 5.13 Å². The van der Waals surface area contributed by atoms with Crippen molar-refractivity contribution in [2.24, 2.45) is 0 Å². The first-order valence-electron chi connectivity index (χ1n) is 7.44. The molecule has 0 aromatic carbocycles. The molecule has 2 heterocycles. The van der Waals surface area contributed by atoms with Gasteiger partial charge < -0.3 is 10.2 Å². The standard InChI is InChI=1S/C14H24N4S/c1-3-15-10-13-11(2)16-14(19-13)18-8-6-17(7-9-18)12-4-5-12/h12,15H,3-10H2,1-2H3. The lowest BCUT2D eigenvalue weighted by Gasteiger charge is -2.34. The van der Waals surface area contributed by atoms with Crippen LogP contribution in [0.5, 0.6) is 0 Å². The second kappa shape index (κ2) is 5.77. The van der Waals surface area contributed by atoms with Crippen LogP contribution in [0.15, 0.2) is 0 Å². The maximum absolute atomic E-state index is 4.76. The first-order valence-corrected chi connectivity index (χ1v) is 8.25. The van der Waals surface area contributed by atoms with E-state index in [1.54, 1.807) is 0 Å². The van der Waals surface area contributed by atoms with Gasteiger partial charge in [-0.2, -0.15) is 0 Å². The zero-order valence-corrected chi connectivity index (χ0v) is 12.8. The van der Waals surface area contributed by atoms with Gasteiger partial charge in [0, 0.05) is 43.6 Å². The molecule has 0 unspecified atom stereocenters. The Kier molecular flexibility index (Phi) is 4.05. The number of anilines is 1. The van der Waals surface area contributed by atoms with Crippen LogP contribution in [0.25, 0.3) is 0 Å². The number of rotatable bonds is 5. The van der Waals surface area contributed by atoms with E-state index in [4.69, 9.17) is 4.98 Å². The average molecular weight is 280 g/mol. The van der Waals surface area contributed by atoms with E-state index in [1.165, 1.54) is 41.6 Å². The predicted molar refractivity (Wildman–Crippen MR) is 81.0 cm³/mol. The Bertz CT molecular complexity index is 419. The molecule has 1 saturated carbocycles. The lowest BCUT2D eigenvalue weighted by atomic mass is 10.3. The molecule has 4 nitrogen and oxygen atoms in total. The highest BCUT2D eigenvalue weighted by Crippen LogP contribution is 2.30. The summed E-state index contributed by atoms with van der Waals surface area (Å²) in [5, 5.41) is 4.62. The van der Waals surface area contributed by atoms with Crippen molar-refractivity contribution >= 4 is 16.5 Å². The van der Waals surface area contributed by atoms with Gasteiger partial charge in [0.25, 0.3) is 0 Å². The van der Waals surface area contributed by atoms with Crippen LogP contribution in [0.3, 0.4) is 0 Å². The van der Waals surface area contributed by atoms with Gasteiger partial charge in [0.2, 0.25) is 0 Å². The number of aromatic nitrogens is 1. The van der Waals surface area contributed by atoms with Gasteiger partial charge in [-0.25, -0.2) is 4.98 Å². The van der Waals surface area contributed by atoms with E-state index < -0.39 is 0 Å². The van der Waals surface area contributed by atoms with Crippen LogP contribution in [0.2, 0.25) is 0 Å². The van der Waals surface area contributed by atoms with Crippen molar-refractivity contribution in [1.82, 2.24) is 15.2 Å². The predicted octanol–water partition coefficient (Wildman–Crippen LogP) is 1.85. The fourth-order valence-corrected chi connectivity index (χ4v) is 3.75. The van der Waals surface area contributed by atoms with Gasteiger partial charge in [-0.05, 0) is 26.3 Å². The van der Waals surface area contributed by atoms with Crippen molar-refractivity contribution < 1.29 is 0 Å². The Morgan fingerprint density at radius 3 is 2.63 bits per heavy atom. The highest BCUT2D eigenvalue weighted by molar-refractivity contribution is 7.15. The molecule has 2 fully saturated rings. The lowest BCUT2D eigenvalue weighted by Crippen LogP contribution is -2.47. The van der Waals surface area contributed by atoms with Gasteiger partial charge in [0.05, 0.1) is 5.69 Å². The molecule has 5 heteroatoms. The lowest BCUT2D eigenvalue weighted by molar-refractivity contribution is 0.248. The van der Waals surface area contributed by atoms with Crippen LogP contribution in [0.1, 0.15) is 30.3 Å². The van der Waals surface area contributed by atoms with Crippen LogP contribution in [-0.4, -0.2) is 48.6 Å². The maximum Gasteiger partial charge on any atom is 0.185 e. The van der Waals surface area contributed by atoms with Gasteiger partial charge >= 0.3 is 0 Å². The van der Waals surface area contributed by atoms with E-state index in [-0.39, 0.29) is 0 Å². The Morgan fingerprint density at radius 2 is 2.00 bits per heavy atom. The van der Waals surface area contributed by atoms with Crippen molar-refractivity contribution in [3.8, 4) is 0 Å². The number of piperazine rings is 1. The summed E-state index contributed by atoms with van der Waals surface area (Å²) in [5.74, 6) is 0. The molecule has 0 spiro atoms. The van der Waals surface area contributed by atoms with Crippen LogP contribution < -0.4 is 10.2 Å². The zero-order chi connectivity index (χ0) is 13.2. The minimum atomic E-state index is 0.907. The quantitative estimate of drug-likeness (QED) is 0.892. The molecule has 1 aliphatic carbocycles. The molecule has 19 heavy (non-hydrogen) atoms. The molecule has 1 N–H and O–H groups in total. The minimum Gasteiger partial charge on any atom is -0.346 e. The second-order valence-corrected chi connectivity index (χ2v) is 6.60. The Hall–Kier alpha value is -0.650. The monoisotopic (exact) mass is 280 g/mol. The molecule has 0 amide bonds. The molecule has 1 aromatic rings. The molecule has 1 aromatic heterocycles. The summed E-state index contributed by atoms with van der Waals surface area (Å²) in [5.41, 5.74) is 1.20. The first-order chi connectivity index (χ1) is 9.28. The number of nitrogens with one attached hydrogen (secondary N) is 1. The van der Waals surface area contributed by atoms with Crippen molar-refractivity contribution in [3.63, 3.8) is 0 Å². The molecular weight excluding hydrogens is 256 g/mol. The molecule has 0 radical (unpaired) electrons. The van der Waals surface area contributed by atoms with E-state index in [1.807, 2.05) is 11.3 Å². The number of aryl methyl sites for hydroxylation is 1. The fourth-order valence-electron chi connectivity index (χ4n) is 2.67. The van der Waals surface area contributed by atoms with E-state index >= 15 is 0 Å². The number of nitrogens with zero attached hydrogens (tertiary/aromatic N) is 3.